The van der Waals surface area contributed by atoms with Gasteiger partial charge in [0.1, 0.15) is 16.9 Å². The molecule has 0 radical (unpaired) electrons. The van der Waals surface area contributed by atoms with Crippen LogP contribution in [0.5, 0.6) is 17.2 Å². The molecule has 1 aliphatic heterocycles. The van der Waals surface area contributed by atoms with Gasteiger partial charge in [0.15, 0.2) is 11.5 Å². The molecule has 0 saturated carbocycles. The quantitative estimate of drug-likeness (QED) is 0.405. The molecule has 0 unspecified atom stereocenters. The van der Waals surface area contributed by atoms with Crippen LogP contribution in [-0.2, 0) is 20.7 Å². The van der Waals surface area contributed by atoms with Crippen molar-refractivity contribution in [3.05, 3.63) is 53.6 Å². The van der Waals surface area contributed by atoms with Crippen molar-refractivity contribution in [2.75, 3.05) is 13.7 Å². The second kappa shape index (κ2) is 9.09. The number of ether oxygens (including phenoxy) is 4. The molecule has 168 valence electrons. The number of nitrogens with zero attached hydrogens (tertiary/aromatic N) is 1. The maximum atomic E-state index is 12.5. The largest absolute Gasteiger partial charge is 0.483 e. The Morgan fingerprint density at radius 3 is 2.41 bits per heavy atom. The van der Waals surface area contributed by atoms with E-state index in [9.17, 15) is 19.2 Å². The summed E-state index contributed by atoms with van der Waals surface area (Å²) < 4.78 is 21.1. The topological polar surface area (TPSA) is 108 Å². The van der Waals surface area contributed by atoms with Crippen LogP contribution in [0.1, 0.15) is 36.7 Å². The molecule has 0 aromatic heterocycles. The zero-order valence-corrected chi connectivity index (χ0v) is 18.2. The average Bonchev–Trinajstić information content (AvgIpc) is 3.08. The summed E-state index contributed by atoms with van der Waals surface area (Å²) in [5.74, 6) is -2.96. The van der Waals surface area contributed by atoms with E-state index in [2.05, 4.69) is 0 Å². The number of para-hydroxylation sites is 2. The van der Waals surface area contributed by atoms with Gasteiger partial charge < -0.3 is 18.9 Å². The fourth-order valence-corrected chi connectivity index (χ4v) is 3.13. The maximum absolute atomic E-state index is 12.5. The minimum Gasteiger partial charge on any atom is -0.483 e. The van der Waals surface area contributed by atoms with Crippen LogP contribution >= 0.6 is 0 Å². The number of fused-ring (bicyclic) bond motifs is 1. The van der Waals surface area contributed by atoms with Crippen molar-refractivity contribution >= 4 is 23.9 Å². The predicted octanol–water partition coefficient (Wildman–Crippen LogP) is 3.14. The first-order chi connectivity index (χ1) is 15.1. The number of carbonyl (C=O) groups excluding carboxylic acids is 4. The van der Waals surface area contributed by atoms with Gasteiger partial charge in [-0.25, -0.2) is 19.3 Å². The van der Waals surface area contributed by atoms with E-state index >= 15 is 0 Å². The van der Waals surface area contributed by atoms with Gasteiger partial charge >= 0.3 is 23.9 Å². The molecule has 0 aliphatic carbocycles. The summed E-state index contributed by atoms with van der Waals surface area (Å²) in [6, 6.07) is 10.9. The lowest BCUT2D eigenvalue weighted by Crippen LogP contribution is -2.41. The van der Waals surface area contributed by atoms with E-state index in [1.54, 1.807) is 19.1 Å². The van der Waals surface area contributed by atoms with E-state index in [1.165, 1.54) is 24.3 Å². The number of esters is 2. The molecule has 9 nitrogen and oxygen atoms in total. The summed E-state index contributed by atoms with van der Waals surface area (Å²) >= 11 is 0. The lowest BCUT2D eigenvalue weighted by molar-refractivity contribution is -0.152. The van der Waals surface area contributed by atoms with Crippen molar-refractivity contribution in [3.63, 3.8) is 0 Å². The molecule has 0 fully saturated rings. The zero-order valence-electron chi connectivity index (χ0n) is 18.2. The Hall–Kier alpha value is -3.88. The smallest absolute Gasteiger partial charge is 0.422 e. The SMILES string of the molecule is CCOC(=O)c1ccccc1OC(=O)C(=O)N(C)C(=O)Oc1cccc2c1OC(C)(C)C2. The van der Waals surface area contributed by atoms with Crippen molar-refractivity contribution < 1.29 is 38.1 Å². The van der Waals surface area contributed by atoms with Crippen LogP contribution in [0.4, 0.5) is 4.79 Å². The Balaban J connectivity index is 1.69. The number of rotatable bonds is 4. The van der Waals surface area contributed by atoms with Crippen molar-refractivity contribution in [3.8, 4) is 17.2 Å². The monoisotopic (exact) mass is 441 g/mol. The van der Waals surface area contributed by atoms with Crippen LogP contribution in [-0.4, -0.2) is 48.1 Å². The van der Waals surface area contributed by atoms with Crippen LogP contribution in [0.3, 0.4) is 0 Å². The van der Waals surface area contributed by atoms with Gasteiger partial charge in [0.05, 0.1) is 6.61 Å². The van der Waals surface area contributed by atoms with Crippen molar-refractivity contribution in [2.45, 2.75) is 32.8 Å². The van der Waals surface area contributed by atoms with E-state index in [0.29, 0.717) is 17.1 Å². The van der Waals surface area contributed by atoms with Gasteiger partial charge in [-0.05, 0) is 39.0 Å². The predicted molar refractivity (Wildman–Crippen MR) is 112 cm³/mol. The molecule has 1 heterocycles. The maximum Gasteiger partial charge on any atom is 0.422 e. The van der Waals surface area contributed by atoms with Crippen molar-refractivity contribution in [1.29, 1.82) is 0 Å². The van der Waals surface area contributed by atoms with Crippen molar-refractivity contribution in [2.24, 2.45) is 0 Å². The van der Waals surface area contributed by atoms with Gasteiger partial charge in [-0.1, -0.05) is 24.3 Å². The molecule has 2 amide bonds. The van der Waals surface area contributed by atoms with Crippen LogP contribution < -0.4 is 14.2 Å². The summed E-state index contributed by atoms with van der Waals surface area (Å²) in [6.45, 7) is 5.56. The van der Waals surface area contributed by atoms with E-state index in [1.807, 2.05) is 19.9 Å². The Morgan fingerprint density at radius 2 is 1.69 bits per heavy atom. The number of amides is 2. The van der Waals surface area contributed by atoms with Crippen LogP contribution in [0.2, 0.25) is 0 Å². The minimum atomic E-state index is -1.36. The molecule has 0 saturated heterocycles. The van der Waals surface area contributed by atoms with Crippen LogP contribution in [0.15, 0.2) is 42.5 Å². The molecular formula is C23H23NO8. The number of hydrogen-bond acceptors (Lipinski definition) is 8. The molecule has 2 aromatic carbocycles. The Bertz CT molecular complexity index is 1080. The first kappa shape index (κ1) is 22.8. The number of carbonyl (C=O) groups is 4. The van der Waals surface area contributed by atoms with Gasteiger partial charge in [0, 0.05) is 19.0 Å². The number of benzene rings is 2. The second-order valence-corrected chi connectivity index (χ2v) is 7.62. The summed E-state index contributed by atoms with van der Waals surface area (Å²) in [5, 5.41) is 0. The fourth-order valence-electron chi connectivity index (χ4n) is 3.13. The van der Waals surface area contributed by atoms with Gasteiger partial charge in [0.2, 0.25) is 0 Å². The lowest BCUT2D eigenvalue weighted by Gasteiger charge is -2.19. The number of hydrogen-bond donors (Lipinski definition) is 0. The van der Waals surface area contributed by atoms with E-state index in [-0.39, 0.29) is 23.7 Å². The van der Waals surface area contributed by atoms with Crippen LogP contribution in [0, 0.1) is 0 Å². The standard InChI is InChI=1S/C23H23NO8/c1-5-29-20(26)15-10-6-7-11-16(15)30-21(27)19(25)24(4)22(28)31-17-12-8-9-14-13-23(2,3)32-18(14)17/h6-12H,5,13H2,1-4H3. The van der Waals surface area contributed by atoms with E-state index in [0.717, 1.165) is 12.6 Å². The van der Waals surface area contributed by atoms with E-state index in [4.69, 9.17) is 18.9 Å². The van der Waals surface area contributed by atoms with Gasteiger partial charge in [-0.2, -0.15) is 0 Å². The van der Waals surface area contributed by atoms with Gasteiger partial charge in [-0.15, -0.1) is 0 Å². The lowest BCUT2D eigenvalue weighted by atomic mass is 10.0. The Morgan fingerprint density at radius 1 is 1.00 bits per heavy atom. The van der Waals surface area contributed by atoms with Gasteiger partial charge in [-0.3, -0.25) is 4.79 Å². The van der Waals surface area contributed by atoms with Crippen molar-refractivity contribution in [1.82, 2.24) is 4.90 Å². The molecule has 9 heteroatoms. The third kappa shape index (κ3) is 4.88. The summed E-state index contributed by atoms with van der Waals surface area (Å²) in [7, 11) is 1.08. The summed E-state index contributed by atoms with van der Waals surface area (Å²) in [4.78, 5) is 49.7. The molecule has 32 heavy (non-hydrogen) atoms. The Kier molecular flexibility index (Phi) is 6.47. The molecular weight excluding hydrogens is 418 g/mol. The first-order valence-corrected chi connectivity index (χ1v) is 9.91. The zero-order chi connectivity index (χ0) is 23.5. The highest BCUT2D eigenvalue weighted by atomic mass is 16.6. The third-order valence-corrected chi connectivity index (χ3v) is 4.59. The Labute approximate surface area is 184 Å². The fraction of sp³-hybridized carbons (Fsp3) is 0.304. The molecule has 3 rings (SSSR count). The van der Waals surface area contributed by atoms with Crippen LogP contribution in [0.25, 0.3) is 0 Å². The number of likely N-dealkylation sites (N-methyl/N-ethyl adjacent to an activating group) is 1. The summed E-state index contributed by atoms with van der Waals surface area (Å²) in [6.07, 6.45) is -0.457. The normalized spacial score (nSPS) is 13.4. The third-order valence-electron chi connectivity index (χ3n) is 4.59. The highest BCUT2D eigenvalue weighted by Gasteiger charge is 2.34. The molecule has 0 N–H and O–H groups in total. The molecule has 1 aliphatic rings. The number of imide groups is 1. The molecule has 0 spiro atoms. The molecule has 0 bridgehead atoms. The second-order valence-electron chi connectivity index (χ2n) is 7.62. The van der Waals surface area contributed by atoms with E-state index < -0.39 is 29.5 Å². The molecule has 0 atom stereocenters. The first-order valence-electron chi connectivity index (χ1n) is 9.91. The minimum absolute atomic E-state index is 0.0275. The average molecular weight is 441 g/mol. The highest BCUT2D eigenvalue weighted by molar-refractivity contribution is 6.35. The molecule has 2 aromatic rings. The highest BCUT2D eigenvalue weighted by Crippen LogP contribution is 2.41. The van der Waals surface area contributed by atoms with Gasteiger partial charge in [0.25, 0.3) is 0 Å². The summed E-state index contributed by atoms with van der Waals surface area (Å²) in [5.41, 5.74) is 0.382.